The topological polar surface area (TPSA) is 43.4 Å². The van der Waals surface area contributed by atoms with E-state index in [2.05, 4.69) is 0 Å². The Bertz CT molecular complexity index is 192. The predicted octanol–water partition coefficient (Wildman–Crippen LogP) is 1.93. The van der Waals surface area contributed by atoms with Crippen molar-refractivity contribution in [3.05, 3.63) is 0 Å². The van der Waals surface area contributed by atoms with Gasteiger partial charge in [-0.05, 0) is 19.3 Å². The second kappa shape index (κ2) is 5.54. The second-order valence-electron chi connectivity index (χ2n) is 2.80. The maximum Gasteiger partial charge on any atom is 0.267 e. The molecule has 0 aliphatic carbocycles. The van der Waals surface area contributed by atoms with Crippen molar-refractivity contribution < 1.29 is 12.6 Å². The van der Waals surface area contributed by atoms with Crippen LogP contribution in [0.5, 0.6) is 0 Å². The molecule has 0 saturated heterocycles. The van der Waals surface area contributed by atoms with Crippen LogP contribution in [-0.4, -0.2) is 20.3 Å². The smallest absolute Gasteiger partial charge is 0.267 e. The minimum atomic E-state index is -3.26. The fourth-order valence-electron chi connectivity index (χ4n) is 0.930. The Morgan fingerprint density at radius 3 is 2.00 bits per heavy atom. The standard InChI is InChI=1S/C8H18O3S/c1-4-7-12(9,10)11-8(5-2)6-3/h8H,4-7H2,1-3H3. The lowest BCUT2D eigenvalue weighted by molar-refractivity contribution is 0.200. The summed E-state index contributed by atoms with van der Waals surface area (Å²) in [7, 11) is -3.26. The highest BCUT2D eigenvalue weighted by atomic mass is 32.2. The summed E-state index contributed by atoms with van der Waals surface area (Å²) in [6, 6.07) is 0. The fourth-order valence-corrected chi connectivity index (χ4v) is 2.21. The molecular weight excluding hydrogens is 176 g/mol. The van der Waals surface area contributed by atoms with E-state index >= 15 is 0 Å². The minimum Gasteiger partial charge on any atom is -0.267 e. The first-order valence-corrected chi connectivity index (χ1v) is 6.04. The van der Waals surface area contributed by atoms with Crippen LogP contribution in [0.1, 0.15) is 40.0 Å². The third kappa shape index (κ3) is 4.72. The van der Waals surface area contributed by atoms with Gasteiger partial charge in [0.1, 0.15) is 0 Å². The highest BCUT2D eigenvalue weighted by Gasteiger charge is 2.15. The summed E-state index contributed by atoms with van der Waals surface area (Å²) in [5, 5.41) is 0. The quantitative estimate of drug-likeness (QED) is 0.607. The van der Waals surface area contributed by atoms with Gasteiger partial charge in [-0.25, -0.2) is 0 Å². The Kier molecular flexibility index (Phi) is 5.50. The zero-order valence-corrected chi connectivity index (χ0v) is 8.86. The molecule has 0 spiro atoms. The van der Waals surface area contributed by atoms with Crippen molar-refractivity contribution >= 4 is 10.1 Å². The fraction of sp³-hybridized carbons (Fsp3) is 1.00. The van der Waals surface area contributed by atoms with Crippen LogP contribution in [0.2, 0.25) is 0 Å². The first-order valence-electron chi connectivity index (χ1n) is 4.46. The van der Waals surface area contributed by atoms with Crippen LogP contribution in [0.15, 0.2) is 0 Å². The molecule has 0 rings (SSSR count). The van der Waals surface area contributed by atoms with Crippen molar-refractivity contribution in [2.45, 2.75) is 46.1 Å². The molecule has 74 valence electrons. The lowest BCUT2D eigenvalue weighted by Crippen LogP contribution is -2.19. The molecule has 0 fully saturated rings. The van der Waals surface area contributed by atoms with Crippen LogP contribution in [-0.2, 0) is 14.3 Å². The Balaban J connectivity index is 4.03. The maximum atomic E-state index is 11.1. The molecule has 4 heteroatoms. The third-order valence-electron chi connectivity index (χ3n) is 1.65. The highest BCUT2D eigenvalue weighted by molar-refractivity contribution is 7.86. The largest absolute Gasteiger partial charge is 0.267 e. The van der Waals surface area contributed by atoms with Crippen molar-refractivity contribution in [2.24, 2.45) is 0 Å². The Labute approximate surface area is 75.2 Å². The lowest BCUT2D eigenvalue weighted by Gasteiger charge is -2.12. The highest BCUT2D eigenvalue weighted by Crippen LogP contribution is 2.08. The molecule has 0 N–H and O–H groups in total. The van der Waals surface area contributed by atoms with E-state index in [0.717, 1.165) is 12.8 Å². The summed E-state index contributed by atoms with van der Waals surface area (Å²) in [4.78, 5) is 0. The molecule has 3 nitrogen and oxygen atoms in total. The molecule has 0 aromatic rings. The van der Waals surface area contributed by atoms with Crippen LogP contribution >= 0.6 is 0 Å². The van der Waals surface area contributed by atoms with Gasteiger partial charge < -0.3 is 0 Å². The van der Waals surface area contributed by atoms with Gasteiger partial charge in [-0.1, -0.05) is 20.8 Å². The van der Waals surface area contributed by atoms with Gasteiger partial charge in [0.25, 0.3) is 10.1 Å². The van der Waals surface area contributed by atoms with Crippen molar-refractivity contribution in [1.29, 1.82) is 0 Å². The van der Waals surface area contributed by atoms with E-state index in [1.54, 1.807) is 0 Å². The van der Waals surface area contributed by atoms with E-state index in [1.165, 1.54) is 0 Å². The molecule has 0 atom stereocenters. The average Bonchev–Trinajstić information content (AvgIpc) is 2.00. The van der Waals surface area contributed by atoms with Crippen LogP contribution in [0, 0.1) is 0 Å². The molecule has 0 aromatic carbocycles. The van der Waals surface area contributed by atoms with Gasteiger partial charge in [0.05, 0.1) is 11.9 Å². The molecule has 0 saturated carbocycles. The van der Waals surface area contributed by atoms with Gasteiger partial charge in [0.2, 0.25) is 0 Å². The van der Waals surface area contributed by atoms with Crippen LogP contribution < -0.4 is 0 Å². The molecule has 0 amide bonds. The summed E-state index contributed by atoms with van der Waals surface area (Å²) in [6.07, 6.45) is 1.98. The normalized spacial score (nSPS) is 12.3. The zero-order chi connectivity index (χ0) is 9.61. The Hall–Kier alpha value is -0.0900. The molecule has 0 bridgehead atoms. The first kappa shape index (κ1) is 11.9. The molecule has 0 aliphatic rings. The molecule has 0 aliphatic heterocycles. The molecule has 0 heterocycles. The minimum absolute atomic E-state index is 0.128. The molecule has 12 heavy (non-hydrogen) atoms. The molecular formula is C8H18O3S. The SMILES string of the molecule is CCCS(=O)(=O)OC(CC)CC. The van der Waals surface area contributed by atoms with Crippen molar-refractivity contribution in [1.82, 2.24) is 0 Å². The van der Waals surface area contributed by atoms with E-state index in [0.29, 0.717) is 6.42 Å². The number of rotatable bonds is 6. The summed E-state index contributed by atoms with van der Waals surface area (Å²) < 4.78 is 27.2. The van der Waals surface area contributed by atoms with Crippen LogP contribution in [0.4, 0.5) is 0 Å². The second-order valence-corrected chi connectivity index (χ2v) is 4.51. The van der Waals surface area contributed by atoms with Crippen molar-refractivity contribution in [3.8, 4) is 0 Å². The van der Waals surface area contributed by atoms with Gasteiger partial charge in [-0.3, -0.25) is 4.18 Å². The van der Waals surface area contributed by atoms with Gasteiger partial charge in [-0.15, -0.1) is 0 Å². The average molecular weight is 194 g/mol. The van der Waals surface area contributed by atoms with Crippen molar-refractivity contribution in [3.63, 3.8) is 0 Å². The first-order chi connectivity index (χ1) is 5.55. The molecule has 0 aromatic heterocycles. The molecule has 0 radical (unpaired) electrons. The summed E-state index contributed by atoms with van der Waals surface area (Å²) in [5.41, 5.74) is 0. The summed E-state index contributed by atoms with van der Waals surface area (Å²) >= 11 is 0. The number of hydrogen-bond acceptors (Lipinski definition) is 3. The van der Waals surface area contributed by atoms with Gasteiger partial charge in [0, 0.05) is 0 Å². The van der Waals surface area contributed by atoms with Gasteiger partial charge >= 0.3 is 0 Å². The Morgan fingerprint density at radius 2 is 1.67 bits per heavy atom. The van der Waals surface area contributed by atoms with E-state index < -0.39 is 10.1 Å². The third-order valence-corrected chi connectivity index (χ3v) is 3.12. The number of hydrogen-bond donors (Lipinski definition) is 0. The van der Waals surface area contributed by atoms with E-state index in [4.69, 9.17) is 4.18 Å². The van der Waals surface area contributed by atoms with Gasteiger partial charge in [-0.2, -0.15) is 8.42 Å². The molecule has 0 unspecified atom stereocenters. The lowest BCUT2D eigenvalue weighted by atomic mass is 10.2. The maximum absolute atomic E-state index is 11.1. The zero-order valence-electron chi connectivity index (χ0n) is 8.04. The van der Waals surface area contributed by atoms with Gasteiger partial charge in [0.15, 0.2) is 0 Å². The predicted molar refractivity (Wildman–Crippen MR) is 49.5 cm³/mol. The van der Waals surface area contributed by atoms with Crippen LogP contribution in [0.3, 0.4) is 0 Å². The van der Waals surface area contributed by atoms with Crippen LogP contribution in [0.25, 0.3) is 0 Å². The summed E-state index contributed by atoms with van der Waals surface area (Å²) in [5.74, 6) is 0.128. The van der Waals surface area contributed by atoms with E-state index in [9.17, 15) is 8.42 Å². The van der Waals surface area contributed by atoms with Crippen molar-refractivity contribution in [2.75, 3.05) is 5.75 Å². The van der Waals surface area contributed by atoms with E-state index in [1.807, 2.05) is 20.8 Å². The summed E-state index contributed by atoms with van der Waals surface area (Å²) in [6.45, 7) is 5.68. The Morgan fingerprint density at radius 1 is 1.17 bits per heavy atom. The van der Waals surface area contributed by atoms with E-state index in [-0.39, 0.29) is 11.9 Å². The monoisotopic (exact) mass is 194 g/mol.